The number of carbonyl (C=O) groups excluding carboxylic acids is 1. The first kappa shape index (κ1) is 26.0. The molecule has 0 unspecified atom stereocenters. The number of fused-ring (bicyclic) bond motifs is 1. The molecule has 1 N–H and O–H groups in total. The minimum absolute atomic E-state index is 0.146. The second-order valence-electron chi connectivity index (χ2n) is 8.70. The second kappa shape index (κ2) is 10.1. The number of hydrogen-bond acceptors (Lipinski definition) is 3. The quantitative estimate of drug-likeness (QED) is 0.416. The van der Waals surface area contributed by atoms with E-state index in [-0.39, 0.29) is 16.6 Å². The molecule has 190 valence electrons. The SMILES string of the molecule is Cc1ccc(S(=O)(=O)N(CC(=O)N[C@@H]2CCCc3ccccc32)c2ccc(Cl)c(C(F)(F)F)c2)cc1. The normalized spacial score (nSPS) is 15.8. The van der Waals surface area contributed by atoms with Crippen LogP contribution in [0.15, 0.2) is 71.6 Å². The van der Waals surface area contributed by atoms with E-state index in [9.17, 15) is 26.4 Å². The van der Waals surface area contributed by atoms with Crippen LogP contribution in [0, 0.1) is 6.92 Å². The minimum atomic E-state index is -4.81. The molecule has 1 aliphatic carbocycles. The van der Waals surface area contributed by atoms with Crippen molar-refractivity contribution < 1.29 is 26.4 Å². The standard InChI is InChI=1S/C26H24ClF3N2O3S/c1-17-9-12-20(13-10-17)36(34,35)32(19-11-14-23(27)22(15-19)26(28,29)30)16-25(33)31-24-8-4-6-18-5-2-3-7-21(18)24/h2-3,5,7,9-15,24H,4,6,8,16H2,1H3,(H,31,33)/t24-/m1/s1. The van der Waals surface area contributed by atoms with E-state index in [1.54, 1.807) is 19.1 Å². The lowest BCUT2D eigenvalue weighted by Gasteiger charge is -2.29. The Morgan fingerprint density at radius 2 is 1.78 bits per heavy atom. The Kier molecular flexibility index (Phi) is 7.33. The average Bonchev–Trinajstić information content (AvgIpc) is 2.83. The Morgan fingerprint density at radius 1 is 1.08 bits per heavy atom. The molecule has 0 fully saturated rings. The molecule has 0 bridgehead atoms. The molecule has 0 radical (unpaired) electrons. The zero-order valence-electron chi connectivity index (χ0n) is 19.3. The summed E-state index contributed by atoms with van der Waals surface area (Å²) < 4.78 is 68.4. The van der Waals surface area contributed by atoms with E-state index in [2.05, 4.69) is 5.32 Å². The van der Waals surface area contributed by atoms with Crippen molar-refractivity contribution in [3.63, 3.8) is 0 Å². The largest absolute Gasteiger partial charge is 0.417 e. The maximum absolute atomic E-state index is 13.5. The topological polar surface area (TPSA) is 66.5 Å². The predicted molar refractivity (Wildman–Crippen MR) is 132 cm³/mol. The Morgan fingerprint density at radius 3 is 2.47 bits per heavy atom. The first-order valence-corrected chi connectivity index (χ1v) is 13.1. The number of carbonyl (C=O) groups is 1. The molecule has 0 aliphatic heterocycles. The van der Waals surface area contributed by atoms with Gasteiger partial charge in [0.15, 0.2) is 0 Å². The van der Waals surface area contributed by atoms with Crippen molar-refractivity contribution in [2.45, 2.75) is 43.3 Å². The molecule has 36 heavy (non-hydrogen) atoms. The fourth-order valence-electron chi connectivity index (χ4n) is 4.31. The number of nitrogens with zero attached hydrogens (tertiary/aromatic N) is 1. The molecule has 0 aromatic heterocycles. The third kappa shape index (κ3) is 5.52. The summed E-state index contributed by atoms with van der Waals surface area (Å²) in [5, 5.41) is 2.30. The summed E-state index contributed by atoms with van der Waals surface area (Å²) in [4.78, 5) is 13.0. The monoisotopic (exact) mass is 536 g/mol. The lowest BCUT2D eigenvalue weighted by molar-refractivity contribution is -0.137. The van der Waals surface area contributed by atoms with Crippen LogP contribution in [0.2, 0.25) is 5.02 Å². The van der Waals surface area contributed by atoms with Gasteiger partial charge in [0.05, 0.1) is 27.2 Å². The first-order chi connectivity index (χ1) is 17.0. The van der Waals surface area contributed by atoms with Crippen molar-refractivity contribution in [1.29, 1.82) is 0 Å². The number of anilines is 1. The Hall–Kier alpha value is -3.04. The van der Waals surface area contributed by atoms with Crippen molar-refractivity contribution in [1.82, 2.24) is 5.32 Å². The summed E-state index contributed by atoms with van der Waals surface area (Å²) in [6.07, 6.45) is -2.41. The zero-order valence-corrected chi connectivity index (χ0v) is 20.9. The van der Waals surface area contributed by atoms with Crippen molar-refractivity contribution >= 4 is 33.2 Å². The number of rotatable bonds is 6. The molecule has 0 saturated heterocycles. The van der Waals surface area contributed by atoms with Crippen LogP contribution in [0.5, 0.6) is 0 Å². The molecule has 1 atom stereocenters. The molecule has 1 amide bonds. The van der Waals surface area contributed by atoms with Crippen LogP contribution in [0.4, 0.5) is 18.9 Å². The fraction of sp³-hybridized carbons (Fsp3) is 0.269. The van der Waals surface area contributed by atoms with Gasteiger partial charge in [-0.2, -0.15) is 13.2 Å². The van der Waals surface area contributed by atoms with Gasteiger partial charge < -0.3 is 5.32 Å². The highest BCUT2D eigenvalue weighted by Gasteiger charge is 2.36. The fourth-order valence-corrected chi connectivity index (χ4v) is 5.95. The van der Waals surface area contributed by atoms with Crippen LogP contribution < -0.4 is 9.62 Å². The van der Waals surface area contributed by atoms with E-state index in [4.69, 9.17) is 11.6 Å². The van der Waals surface area contributed by atoms with Crippen LogP contribution in [-0.4, -0.2) is 20.9 Å². The molecule has 10 heteroatoms. The summed E-state index contributed by atoms with van der Waals surface area (Å²) in [5.74, 6) is -0.629. The van der Waals surface area contributed by atoms with Crippen LogP contribution in [0.25, 0.3) is 0 Å². The van der Waals surface area contributed by atoms with E-state index < -0.39 is 39.2 Å². The Labute approximate surface area is 212 Å². The number of halogens is 4. The Bertz CT molecular complexity index is 1380. The van der Waals surface area contributed by atoms with Crippen molar-refractivity contribution in [2.75, 3.05) is 10.8 Å². The van der Waals surface area contributed by atoms with E-state index in [0.29, 0.717) is 16.8 Å². The van der Waals surface area contributed by atoms with Gasteiger partial charge in [0.2, 0.25) is 5.91 Å². The zero-order chi connectivity index (χ0) is 26.1. The molecule has 0 heterocycles. The van der Waals surface area contributed by atoms with Crippen LogP contribution >= 0.6 is 11.6 Å². The number of benzene rings is 3. The van der Waals surface area contributed by atoms with Crippen molar-refractivity contribution in [2.24, 2.45) is 0 Å². The summed E-state index contributed by atoms with van der Waals surface area (Å²) in [6, 6.07) is 16.0. The van der Waals surface area contributed by atoms with E-state index in [1.807, 2.05) is 24.3 Å². The van der Waals surface area contributed by atoms with Gasteiger partial charge in [-0.1, -0.05) is 53.6 Å². The molecule has 4 rings (SSSR count). The summed E-state index contributed by atoms with van der Waals surface area (Å²) in [6.45, 7) is 1.08. The lowest BCUT2D eigenvalue weighted by Crippen LogP contribution is -2.42. The van der Waals surface area contributed by atoms with Gasteiger partial charge in [0, 0.05) is 0 Å². The molecule has 0 spiro atoms. The summed E-state index contributed by atoms with van der Waals surface area (Å²) in [7, 11) is -4.38. The minimum Gasteiger partial charge on any atom is -0.348 e. The van der Waals surface area contributed by atoms with Crippen molar-refractivity contribution in [3.05, 3.63) is 94.0 Å². The number of amides is 1. The van der Waals surface area contributed by atoms with E-state index in [0.717, 1.165) is 41.7 Å². The third-order valence-electron chi connectivity index (χ3n) is 6.14. The molecule has 1 aliphatic rings. The molecular weight excluding hydrogens is 513 g/mol. The molecular formula is C26H24ClF3N2O3S. The molecule has 0 saturated carbocycles. The summed E-state index contributed by atoms with van der Waals surface area (Å²) in [5.41, 5.74) is 1.36. The predicted octanol–water partition coefficient (Wildman–Crippen LogP) is 6.06. The number of nitrogens with one attached hydrogen (secondary N) is 1. The molecule has 3 aromatic carbocycles. The summed E-state index contributed by atoms with van der Waals surface area (Å²) >= 11 is 5.75. The van der Waals surface area contributed by atoms with Gasteiger partial charge in [-0.15, -0.1) is 0 Å². The smallest absolute Gasteiger partial charge is 0.348 e. The van der Waals surface area contributed by atoms with Crippen LogP contribution in [0.3, 0.4) is 0 Å². The van der Waals surface area contributed by atoms with Gasteiger partial charge >= 0.3 is 6.18 Å². The number of hydrogen-bond donors (Lipinski definition) is 1. The third-order valence-corrected chi connectivity index (χ3v) is 8.26. The molecule has 5 nitrogen and oxygen atoms in total. The van der Waals surface area contributed by atoms with Crippen LogP contribution in [-0.2, 0) is 27.4 Å². The van der Waals surface area contributed by atoms with E-state index >= 15 is 0 Å². The first-order valence-electron chi connectivity index (χ1n) is 11.3. The maximum Gasteiger partial charge on any atom is 0.417 e. The highest BCUT2D eigenvalue weighted by molar-refractivity contribution is 7.92. The van der Waals surface area contributed by atoms with Gasteiger partial charge in [-0.25, -0.2) is 8.42 Å². The van der Waals surface area contributed by atoms with Gasteiger partial charge in [0.25, 0.3) is 10.0 Å². The number of sulfonamides is 1. The van der Waals surface area contributed by atoms with Gasteiger partial charge in [-0.05, 0) is 67.6 Å². The lowest BCUT2D eigenvalue weighted by atomic mass is 9.88. The Balaban J connectivity index is 1.70. The van der Waals surface area contributed by atoms with Gasteiger partial charge in [0.1, 0.15) is 6.54 Å². The number of alkyl halides is 3. The second-order valence-corrected chi connectivity index (χ2v) is 11.0. The molecule has 3 aromatic rings. The van der Waals surface area contributed by atoms with E-state index in [1.165, 1.54) is 12.1 Å². The highest BCUT2D eigenvalue weighted by Crippen LogP contribution is 2.38. The van der Waals surface area contributed by atoms with Crippen molar-refractivity contribution in [3.8, 4) is 0 Å². The number of aryl methyl sites for hydroxylation is 2. The average molecular weight is 537 g/mol. The van der Waals surface area contributed by atoms with Crippen LogP contribution in [0.1, 0.15) is 41.1 Å². The van der Waals surface area contributed by atoms with Gasteiger partial charge in [-0.3, -0.25) is 9.10 Å². The highest BCUT2D eigenvalue weighted by atomic mass is 35.5. The maximum atomic E-state index is 13.5.